The highest BCUT2D eigenvalue weighted by atomic mass is 31.2. The zero-order valence-corrected chi connectivity index (χ0v) is 5.57. The zero-order chi connectivity index (χ0) is 7.33. The predicted octanol–water partition coefficient (Wildman–Crippen LogP) is -1.25. The van der Waals surface area contributed by atoms with Crippen molar-refractivity contribution >= 4 is 13.9 Å². The lowest BCUT2D eigenvalue weighted by molar-refractivity contribution is 0.307. The number of hydrogen-bond donors (Lipinski definition) is 4. The summed E-state index contributed by atoms with van der Waals surface area (Å²) >= 11 is 0. The summed E-state index contributed by atoms with van der Waals surface area (Å²) in [5.74, 6) is 0.642. The second-order valence-corrected chi connectivity index (χ2v) is 2.82. The number of hydrogen-bond acceptors (Lipinski definition) is 5. The first-order chi connectivity index (χ1) is 4.06. The Bertz CT molecular complexity index is 98.5. The smallest absolute Gasteiger partial charge is 0.394 e. The molecule has 54 valence electrons. The van der Waals surface area contributed by atoms with Gasteiger partial charge in [-0.2, -0.15) is 14.7 Å². The Balaban J connectivity index is 3.45. The van der Waals surface area contributed by atoms with E-state index in [1.54, 1.807) is 0 Å². The lowest BCUT2D eigenvalue weighted by atomic mass is 10.7. The molecule has 0 bridgehead atoms. The van der Waals surface area contributed by atoms with Crippen LogP contribution in [0.3, 0.4) is 0 Å². The van der Waals surface area contributed by atoms with Crippen LogP contribution in [-0.2, 0) is 0 Å². The van der Waals surface area contributed by atoms with Crippen LogP contribution in [-0.4, -0.2) is 38.9 Å². The highest BCUT2D eigenvalue weighted by Crippen LogP contribution is 2.40. The molecule has 0 unspecified atom stereocenters. The van der Waals surface area contributed by atoms with E-state index in [4.69, 9.17) is 19.8 Å². The number of aliphatic imine (C=N–C) groups is 1. The number of aliphatic hydroxyl groups excluding tert-OH is 1. The van der Waals surface area contributed by atoms with E-state index in [9.17, 15) is 0 Å². The number of rotatable bonds is 3. The van der Waals surface area contributed by atoms with Crippen LogP contribution >= 0.6 is 7.94 Å². The molecule has 5 nitrogen and oxygen atoms in total. The summed E-state index contributed by atoms with van der Waals surface area (Å²) in [4.78, 5) is 28.0. The van der Waals surface area contributed by atoms with E-state index in [1.165, 1.54) is 0 Å². The van der Waals surface area contributed by atoms with E-state index in [2.05, 4.69) is 4.99 Å². The van der Waals surface area contributed by atoms with Gasteiger partial charge in [0.2, 0.25) is 5.96 Å². The van der Waals surface area contributed by atoms with Crippen molar-refractivity contribution < 1.29 is 19.8 Å². The Morgan fingerprint density at radius 3 is 2.22 bits per heavy atom. The number of aliphatic hydroxyl groups is 1. The monoisotopic (exact) mass is 154 g/mol. The van der Waals surface area contributed by atoms with Crippen LogP contribution < -0.4 is 0 Å². The average Bonchev–Trinajstić information content (AvgIpc) is 1.63. The third-order valence-corrected chi connectivity index (χ3v) is 0.939. The second-order valence-electron chi connectivity index (χ2n) is 1.36. The Labute approximate surface area is 52.9 Å². The van der Waals surface area contributed by atoms with Crippen LogP contribution in [0.15, 0.2) is 4.99 Å². The van der Waals surface area contributed by atoms with Crippen molar-refractivity contribution in [2.45, 2.75) is 0 Å². The summed E-state index contributed by atoms with van der Waals surface area (Å²) in [6, 6.07) is 0. The van der Waals surface area contributed by atoms with Gasteiger partial charge in [0, 0.05) is 0 Å². The summed E-state index contributed by atoms with van der Waals surface area (Å²) in [6.45, 7) is -0.0973. The van der Waals surface area contributed by atoms with E-state index in [0.29, 0.717) is 5.96 Å². The van der Waals surface area contributed by atoms with Gasteiger partial charge in [0.05, 0.1) is 13.2 Å². The fraction of sp³-hybridized carbons (Fsp3) is 0.667. The van der Waals surface area contributed by atoms with E-state index < -0.39 is 7.94 Å². The van der Waals surface area contributed by atoms with Gasteiger partial charge in [-0.1, -0.05) is 0 Å². The Morgan fingerprint density at radius 1 is 1.33 bits per heavy atom. The molecular weight excluding hydrogens is 145 g/mol. The maximum absolute atomic E-state index is 8.24. The lowest BCUT2D eigenvalue weighted by Crippen LogP contribution is -1.92. The van der Waals surface area contributed by atoms with E-state index in [0.717, 1.165) is 0 Å². The fourth-order valence-electron chi connectivity index (χ4n) is 0.225. The standard InChI is InChI=1S/C3H9NO4P/c5-2-1-4-3-9(6,7)8/h3,5-8H,1-2H2/q+1. The molecule has 0 fully saturated rings. The molecule has 0 rings (SSSR count). The third kappa shape index (κ3) is 7.94. The first kappa shape index (κ1) is 8.94. The molecule has 0 aliphatic heterocycles. The normalized spacial score (nSPS) is 12.9. The molecule has 4 N–H and O–H groups in total. The minimum atomic E-state index is -3.85. The van der Waals surface area contributed by atoms with Crippen LogP contribution in [0.25, 0.3) is 0 Å². The Kier molecular flexibility index (Phi) is 3.84. The van der Waals surface area contributed by atoms with Crippen LogP contribution in [0, 0.1) is 0 Å². The molecule has 0 heterocycles. The van der Waals surface area contributed by atoms with Gasteiger partial charge in [0.25, 0.3) is 0 Å². The molecule has 0 amide bonds. The average molecular weight is 154 g/mol. The van der Waals surface area contributed by atoms with Crippen LogP contribution in [0.5, 0.6) is 0 Å². The summed E-state index contributed by atoms with van der Waals surface area (Å²) in [5.41, 5.74) is 0. The first-order valence-electron chi connectivity index (χ1n) is 2.25. The van der Waals surface area contributed by atoms with Gasteiger partial charge in [0.1, 0.15) is 0 Å². The van der Waals surface area contributed by atoms with E-state index in [1.807, 2.05) is 0 Å². The fourth-order valence-corrected chi connectivity index (χ4v) is 0.560. The van der Waals surface area contributed by atoms with Gasteiger partial charge in [-0.3, -0.25) is 0 Å². The van der Waals surface area contributed by atoms with Crippen molar-refractivity contribution in [1.29, 1.82) is 0 Å². The molecule has 9 heavy (non-hydrogen) atoms. The van der Waals surface area contributed by atoms with Gasteiger partial charge in [-0.25, -0.2) is 4.99 Å². The minimum Gasteiger partial charge on any atom is -0.394 e. The molecule has 0 aliphatic rings. The highest BCUT2D eigenvalue weighted by molar-refractivity contribution is 7.73. The summed E-state index contributed by atoms with van der Waals surface area (Å²) in [6.07, 6.45) is 0. The van der Waals surface area contributed by atoms with Crippen molar-refractivity contribution in [1.82, 2.24) is 0 Å². The van der Waals surface area contributed by atoms with E-state index >= 15 is 0 Å². The SMILES string of the molecule is OCCN=C[P+](O)(O)O. The first-order valence-corrected chi connectivity index (χ1v) is 3.97. The maximum atomic E-state index is 8.24. The molecule has 0 aromatic heterocycles. The van der Waals surface area contributed by atoms with Crippen LogP contribution in [0.2, 0.25) is 0 Å². The minimum absolute atomic E-state index is 0.0728. The predicted molar refractivity (Wildman–Crippen MR) is 34.0 cm³/mol. The van der Waals surface area contributed by atoms with Gasteiger partial charge >= 0.3 is 7.94 Å². The van der Waals surface area contributed by atoms with Crippen molar-refractivity contribution in [2.24, 2.45) is 4.99 Å². The van der Waals surface area contributed by atoms with Crippen molar-refractivity contribution in [3.05, 3.63) is 0 Å². The molecule has 0 saturated heterocycles. The van der Waals surface area contributed by atoms with Gasteiger partial charge in [0.15, 0.2) is 0 Å². The lowest BCUT2D eigenvalue weighted by Gasteiger charge is -1.92. The Morgan fingerprint density at radius 2 is 1.89 bits per heavy atom. The van der Waals surface area contributed by atoms with Crippen molar-refractivity contribution in [2.75, 3.05) is 13.2 Å². The molecule has 0 aromatic carbocycles. The molecule has 6 heteroatoms. The zero-order valence-electron chi connectivity index (χ0n) is 4.67. The molecule has 0 aromatic rings. The summed E-state index contributed by atoms with van der Waals surface area (Å²) in [5, 5.41) is 8.12. The number of nitrogens with zero attached hydrogens (tertiary/aromatic N) is 1. The third-order valence-electron chi connectivity index (χ3n) is 0.466. The van der Waals surface area contributed by atoms with E-state index in [-0.39, 0.29) is 13.2 Å². The molecule has 0 radical (unpaired) electrons. The molecule has 0 atom stereocenters. The quantitative estimate of drug-likeness (QED) is 0.301. The summed E-state index contributed by atoms with van der Waals surface area (Å²) < 4.78 is 0. The second kappa shape index (κ2) is 3.87. The van der Waals surface area contributed by atoms with Gasteiger partial charge in [-0.05, 0) is 0 Å². The van der Waals surface area contributed by atoms with Crippen molar-refractivity contribution in [3.8, 4) is 0 Å². The largest absolute Gasteiger partial charge is 0.452 e. The Hall–Kier alpha value is -0.0600. The molecule has 0 spiro atoms. The molecule has 0 saturated carbocycles. The van der Waals surface area contributed by atoms with Crippen LogP contribution in [0.4, 0.5) is 0 Å². The maximum Gasteiger partial charge on any atom is 0.452 e. The van der Waals surface area contributed by atoms with Gasteiger partial charge < -0.3 is 5.11 Å². The van der Waals surface area contributed by atoms with Crippen molar-refractivity contribution in [3.63, 3.8) is 0 Å². The highest BCUT2D eigenvalue weighted by Gasteiger charge is 2.25. The van der Waals surface area contributed by atoms with Crippen LogP contribution in [0.1, 0.15) is 0 Å². The molecule has 0 aliphatic carbocycles. The summed E-state index contributed by atoms with van der Waals surface area (Å²) in [7, 11) is -3.85. The van der Waals surface area contributed by atoms with Gasteiger partial charge in [-0.15, -0.1) is 0 Å². The topological polar surface area (TPSA) is 93.3 Å². The molecular formula is C3H9NO4P+.